The summed E-state index contributed by atoms with van der Waals surface area (Å²) in [6, 6.07) is 19.5. The molecular weight excluding hydrogens is 663 g/mol. The van der Waals surface area contributed by atoms with Crippen LogP contribution in [-0.4, -0.2) is 44.0 Å². The van der Waals surface area contributed by atoms with Crippen molar-refractivity contribution in [3.8, 4) is 29.0 Å². The zero-order valence-corrected chi connectivity index (χ0v) is 27.1. The van der Waals surface area contributed by atoms with E-state index < -0.39 is 33.6 Å². The van der Waals surface area contributed by atoms with Gasteiger partial charge in [-0.05, 0) is 74.4 Å². The van der Waals surface area contributed by atoms with E-state index in [-0.39, 0.29) is 28.0 Å². The van der Waals surface area contributed by atoms with Crippen LogP contribution in [0.4, 0.5) is 18.0 Å². The van der Waals surface area contributed by atoms with Gasteiger partial charge in [0.1, 0.15) is 15.8 Å². The number of nitrogens with zero attached hydrogens (tertiary/aromatic N) is 6. The van der Waals surface area contributed by atoms with Gasteiger partial charge in [-0.25, -0.2) is 27.1 Å². The van der Waals surface area contributed by atoms with Gasteiger partial charge in [-0.15, -0.1) is 0 Å². The van der Waals surface area contributed by atoms with E-state index in [1.165, 1.54) is 47.4 Å². The molecule has 254 valence electrons. The third-order valence-electron chi connectivity index (χ3n) is 7.96. The fraction of sp³-hybridized carbons (Fsp3) is 0.242. The van der Waals surface area contributed by atoms with Gasteiger partial charge in [0.15, 0.2) is 5.69 Å². The Morgan fingerprint density at radius 2 is 1.67 bits per heavy atom. The quantitative estimate of drug-likeness (QED) is 0.208. The molecule has 1 saturated carbocycles. The van der Waals surface area contributed by atoms with Crippen molar-refractivity contribution >= 4 is 16.1 Å². The Hall–Kier alpha value is -5.53. The van der Waals surface area contributed by atoms with E-state index in [1.54, 1.807) is 48.9 Å². The van der Waals surface area contributed by atoms with Crippen molar-refractivity contribution in [1.29, 1.82) is 5.26 Å². The molecular formula is C33H30F3N7O5S. The first-order valence-electron chi connectivity index (χ1n) is 15.0. The summed E-state index contributed by atoms with van der Waals surface area (Å²) in [5.74, 6) is 0.349. The van der Waals surface area contributed by atoms with Crippen molar-refractivity contribution in [1.82, 2.24) is 24.2 Å². The molecule has 2 heterocycles. The van der Waals surface area contributed by atoms with E-state index in [1.807, 2.05) is 0 Å². The van der Waals surface area contributed by atoms with Crippen molar-refractivity contribution in [3.05, 3.63) is 112 Å². The average Bonchev–Trinajstić information content (AvgIpc) is 3.78. The SMILES string of the molecule is Cc1c(-c2n(-c3ccc(C#N)cc3)nc[n+]2C)n(C(=O)NC2CCCC2)c(=O)n1-c1cccc(C(F)(F)F)c1.O=S(=O)([O-])c1ccccc1. The summed E-state index contributed by atoms with van der Waals surface area (Å²) in [6.45, 7) is 1.58. The molecule has 0 radical (unpaired) electrons. The maximum absolute atomic E-state index is 13.8. The Morgan fingerprint density at radius 1 is 1.02 bits per heavy atom. The third-order valence-corrected chi connectivity index (χ3v) is 8.81. The molecule has 1 N–H and O–H groups in total. The molecule has 1 amide bonds. The number of aromatic nitrogens is 5. The molecule has 0 saturated heterocycles. The molecule has 1 aliphatic rings. The third kappa shape index (κ3) is 7.47. The van der Waals surface area contributed by atoms with Crippen molar-refractivity contribution < 1.29 is 35.5 Å². The van der Waals surface area contributed by atoms with E-state index in [9.17, 15) is 35.7 Å². The molecule has 16 heteroatoms. The number of alkyl halides is 3. The van der Waals surface area contributed by atoms with Gasteiger partial charge in [0.05, 0.1) is 40.5 Å². The van der Waals surface area contributed by atoms with Gasteiger partial charge in [-0.1, -0.05) is 41.8 Å². The Labute approximate surface area is 279 Å². The highest BCUT2D eigenvalue weighted by Crippen LogP contribution is 2.31. The van der Waals surface area contributed by atoms with E-state index >= 15 is 0 Å². The predicted octanol–water partition coefficient (Wildman–Crippen LogP) is 4.61. The predicted molar refractivity (Wildman–Crippen MR) is 169 cm³/mol. The Balaban J connectivity index is 0.000000402. The monoisotopic (exact) mass is 693 g/mol. The first-order chi connectivity index (χ1) is 23.2. The van der Waals surface area contributed by atoms with Gasteiger partial charge >= 0.3 is 17.9 Å². The lowest BCUT2D eigenvalue weighted by Crippen LogP contribution is -2.42. The van der Waals surface area contributed by atoms with Crippen LogP contribution in [0.15, 0.2) is 94.9 Å². The molecule has 0 atom stereocenters. The number of amides is 1. The second-order valence-corrected chi connectivity index (χ2v) is 12.6. The van der Waals surface area contributed by atoms with Gasteiger partial charge < -0.3 is 9.87 Å². The van der Waals surface area contributed by atoms with Crippen LogP contribution in [-0.2, 0) is 23.3 Å². The highest BCUT2D eigenvalue weighted by molar-refractivity contribution is 7.85. The lowest BCUT2D eigenvalue weighted by molar-refractivity contribution is -0.661. The van der Waals surface area contributed by atoms with E-state index in [0.717, 1.165) is 47.0 Å². The molecule has 0 spiro atoms. The van der Waals surface area contributed by atoms with Crippen LogP contribution in [0.1, 0.15) is 42.5 Å². The van der Waals surface area contributed by atoms with E-state index in [0.29, 0.717) is 17.1 Å². The van der Waals surface area contributed by atoms with Crippen LogP contribution in [0.5, 0.6) is 0 Å². The van der Waals surface area contributed by atoms with Gasteiger partial charge in [0.25, 0.3) is 12.2 Å². The fourth-order valence-corrected chi connectivity index (χ4v) is 6.09. The summed E-state index contributed by atoms with van der Waals surface area (Å²) in [6.07, 6.45) is 0.354. The van der Waals surface area contributed by atoms with Crippen molar-refractivity contribution in [2.45, 2.75) is 49.7 Å². The second-order valence-electron chi connectivity index (χ2n) is 11.3. The summed E-state index contributed by atoms with van der Waals surface area (Å²) in [7, 11) is -2.57. The van der Waals surface area contributed by atoms with Crippen LogP contribution in [0, 0.1) is 18.3 Å². The van der Waals surface area contributed by atoms with Gasteiger partial charge in [-0.3, -0.25) is 4.57 Å². The van der Waals surface area contributed by atoms with Crippen LogP contribution in [0.25, 0.3) is 22.9 Å². The summed E-state index contributed by atoms with van der Waals surface area (Å²) in [5.41, 5.74) is -0.297. The van der Waals surface area contributed by atoms with E-state index in [4.69, 9.17) is 5.26 Å². The number of imidazole rings is 1. The molecule has 0 aliphatic heterocycles. The maximum Gasteiger partial charge on any atom is 0.416 e. The van der Waals surface area contributed by atoms with Crippen LogP contribution >= 0.6 is 0 Å². The molecule has 3 aromatic carbocycles. The lowest BCUT2D eigenvalue weighted by atomic mass is 10.2. The minimum absolute atomic E-state index is 0.0203. The Morgan fingerprint density at radius 3 is 2.24 bits per heavy atom. The van der Waals surface area contributed by atoms with Crippen molar-refractivity contribution in [2.24, 2.45) is 7.05 Å². The number of nitriles is 1. The van der Waals surface area contributed by atoms with Crippen molar-refractivity contribution in [3.63, 3.8) is 0 Å². The van der Waals surface area contributed by atoms with Gasteiger partial charge in [0, 0.05) is 11.1 Å². The largest absolute Gasteiger partial charge is 0.744 e. The summed E-state index contributed by atoms with van der Waals surface area (Å²) >= 11 is 0. The summed E-state index contributed by atoms with van der Waals surface area (Å²) in [5, 5.41) is 16.5. The second kappa shape index (κ2) is 13.9. The molecule has 12 nitrogen and oxygen atoms in total. The topological polar surface area (TPSA) is 159 Å². The molecule has 6 rings (SSSR count). The van der Waals surface area contributed by atoms with Crippen LogP contribution < -0.4 is 15.6 Å². The molecule has 0 bridgehead atoms. The Bertz CT molecular complexity index is 2200. The Kier molecular flexibility index (Phi) is 9.88. The zero-order valence-electron chi connectivity index (χ0n) is 26.3. The van der Waals surface area contributed by atoms with Crippen LogP contribution in [0.3, 0.4) is 0 Å². The van der Waals surface area contributed by atoms with Crippen molar-refractivity contribution in [2.75, 3.05) is 0 Å². The number of hydrogen-bond acceptors (Lipinski definition) is 7. The summed E-state index contributed by atoms with van der Waals surface area (Å²) in [4.78, 5) is 27.2. The average molecular weight is 694 g/mol. The number of rotatable bonds is 5. The number of nitrogens with one attached hydrogen (secondary N) is 1. The fourth-order valence-electron chi connectivity index (χ4n) is 5.60. The minimum atomic E-state index is -4.61. The number of halogens is 3. The number of benzene rings is 3. The molecule has 1 aliphatic carbocycles. The van der Waals surface area contributed by atoms with E-state index in [2.05, 4.69) is 16.5 Å². The lowest BCUT2D eigenvalue weighted by Gasteiger charge is -2.13. The first kappa shape index (κ1) is 34.8. The normalized spacial score (nSPS) is 13.4. The molecule has 5 aromatic rings. The number of aryl methyl sites for hydroxylation is 1. The highest BCUT2D eigenvalue weighted by Gasteiger charge is 2.35. The smallest absolute Gasteiger partial charge is 0.416 e. The first-order valence-corrected chi connectivity index (χ1v) is 16.4. The molecule has 1 fully saturated rings. The zero-order chi connectivity index (χ0) is 35.5. The minimum Gasteiger partial charge on any atom is -0.744 e. The molecule has 2 aromatic heterocycles. The molecule has 0 unspecified atom stereocenters. The van der Waals surface area contributed by atoms with Gasteiger partial charge in [-0.2, -0.15) is 18.4 Å². The number of carbonyl (C=O) groups is 1. The standard InChI is InChI=1S/C27H24F3N7O2.C6H6O3S/c1-17-23(24-34(2)16-32-37(24)21-12-10-18(15-31)11-13-21)36(25(38)33-20-7-3-4-8-20)26(39)35(17)22-9-5-6-19(14-22)27(28,29)30;7-10(8,9)6-4-2-1-3-5-6/h5-6,9-14,16,20H,3-4,7-8H2,1-2H3;1-5H,(H,7,8,9). The van der Waals surface area contributed by atoms with Gasteiger partial charge in [0.2, 0.25) is 0 Å². The van der Waals surface area contributed by atoms with Crippen LogP contribution in [0.2, 0.25) is 0 Å². The maximum atomic E-state index is 13.8. The number of hydrogen-bond donors (Lipinski definition) is 1. The summed E-state index contributed by atoms with van der Waals surface area (Å²) < 4.78 is 76.5. The highest BCUT2D eigenvalue weighted by atomic mass is 32.2. The molecule has 49 heavy (non-hydrogen) atoms. The number of carbonyl (C=O) groups excluding carboxylic acids is 1.